The first kappa shape index (κ1) is 17.6. The average Bonchev–Trinajstić information content (AvgIpc) is 3.15. The number of fused-ring (bicyclic) bond motifs is 1. The molecule has 3 rings (SSSR count). The number of unbranched alkanes of at least 4 members (excludes halogenated alkanes) is 4. The monoisotopic (exact) mass is 361 g/mol. The molecule has 1 aliphatic rings. The number of hydrogen-bond donors (Lipinski definition) is 2. The lowest BCUT2D eigenvalue weighted by Crippen LogP contribution is -2.44. The van der Waals surface area contributed by atoms with Gasteiger partial charge >= 0.3 is 6.03 Å². The van der Waals surface area contributed by atoms with Crippen molar-refractivity contribution in [1.29, 1.82) is 0 Å². The maximum atomic E-state index is 12.8. The molecule has 1 aliphatic heterocycles. The average molecular weight is 361 g/mol. The van der Waals surface area contributed by atoms with Gasteiger partial charge in [-0.15, -0.1) is 11.3 Å². The molecule has 3 heterocycles. The van der Waals surface area contributed by atoms with E-state index in [9.17, 15) is 9.59 Å². The molecule has 0 unspecified atom stereocenters. The van der Waals surface area contributed by atoms with E-state index in [0.717, 1.165) is 34.5 Å². The Morgan fingerprint density at radius 1 is 1.24 bits per heavy atom. The van der Waals surface area contributed by atoms with Gasteiger partial charge in [-0.25, -0.2) is 14.8 Å². The summed E-state index contributed by atoms with van der Waals surface area (Å²) in [6, 6.07) is 1.43. The Hall–Kier alpha value is -2.22. The fourth-order valence-electron chi connectivity index (χ4n) is 3.02. The predicted octanol–water partition coefficient (Wildman–Crippen LogP) is 3.69. The quantitative estimate of drug-likeness (QED) is 0.553. The van der Waals surface area contributed by atoms with Crippen LogP contribution in [0.4, 0.5) is 10.6 Å². The number of imide groups is 1. The lowest BCUT2D eigenvalue weighted by atomic mass is 9.94. The molecule has 25 heavy (non-hydrogen) atoms. The van der Waals surface area contributed by atoms with Crippen molar-refractivity contribution in [2.24, 2.45) is 0 Å². The summed E-state index contributed by atoms with van der Waals surface area (Å²) in [6.45, 7) is 3.96. The fraction of sp³-hybridized carbons (Fsp3) is 0.529. The zero-order valence-corrected chi connectivity index (χ0v) is 15.4. The molecule has 3 amide bonds. The number of thiophene rings is 1. The van der Waals surface area contributed by atoms with Crippen LogP contribution in [-0.2, 0) is 4.79 Å². The Morgan fingerprint density at radius 2 is 2.04 bits per heavy atom. The molecule has 2 N–H and O–H groups in total. The van der Waals surface area contributed by atoms with E-state index in [2.05, 4.69) is 27.6 Å². The highest BCUT2D eigenvalue weighted by Crippen LogP contribution is 2.28. The first-order chi connectivity index (χ1) is 12.0. The van der Waals surface area contributed by atoms with Gasteiger partial charge in [0.1, 0.15) is 16.7 Å². The van der Waals surface area contributed by atoms with Crippen LogP contribution in [0.1, 0.15) is 52.4 Å². The molecular weight excluding hydrogens is 338 g/mol. The summed E-state index contributed by atoms with van der Waals surface area (Å²) in [5.74, 6) is 0.192. The van der Waals surface area contributed by atoms with Crippen molar-refractivity contribution in [1.82, 2.24) is 20.3 Å². The van der Waals surface area contributed by atoms with Crippen molar-refractivity contribution in [3.05, 3.63) is 17.8 Å². The van der Waals surface area contributed by atoms with Gasteiger partial charge in [0, 0.05) is 0 Å². The molecule has 0 radical (unpaired) electrons. The number of carbonyl (C=O) groups excluding carboxylic acids is 2. The third kappa shape index (κ3) is 3.58. The van der Waals surface area contributed by atoms with Crippen molar-refractivity contribution in [2.45, 2.75) is 57.9 Å². The molecule has 1 fully saturated rings. The normalized spacial score (nSPS) is 20.3. The van der Waals surface area contributed by atoms with Crippen LogP contribution in [0.2, 0.25) is 0 Å². The third-order valence-electron chi connectivity index (χ3n) is 4.52. The number of urea groups is 1. The number of aromatic nitrogens is 2. The fourth-order valence-corrected chi connectivity index (χ4v) is 3.76. The van der Waals surface area contributed by atoms with Crippen LogP contribution < -0.4 is 10.7 Å². The molecule has 0 bridgehead atoms. The summed E-state index contributed by atoms with van der Waals surface area (Å²) >= 11 is 1.48. The van der Waals surface area contributed by atoms with Crippen LogP contribution in [0.25, 0.3) is 10.2 Å². The Kier molecular flexibility index (Phi) is 5.17. The number of carbonyl (C=O) groups is 2. The smallest absolute Gasteiger partial charge is 0.322 e. The minimum atomic E-state index is -0.864. The van der Waals surface area contributed by atoms with Gasteiger partial charge < -0.3 is 5.32 Å². The first-order valence-corrected chi connectivity index (χ1v) is 9.54. The minimum Gasteiger partial charge on any atom is -0.322 e. The third-order valence-corrected chi connectivity index (χ3v) is 5.34. The molecule has 7 nitrogen and oxygen atoms in total. The second-order valence-electron chi connectivity index (χ2n) is 6.54. The van der Waals surface area contributed by atoms with Gasteiger partial charge in [0.25, 0.3) is 5.91 Å². The Bertz CT molecular complexity index is 777. The molecule has 0 aliphatic carbocycles. The number of anilines is 1. The van der Waals surface area contributed by atoms with Crippen LogP contribution in [0.5, 0.6) is 0 Å². The number of nitrogens with one attached hydrogen (secondary N) is 2. The second-order valence-corrected chi connectivity index (χ2v) is 7.44. The summed E-state index contributed by atoms with van der Waals surface area (Å²) in [5, 5.41) is 6.54. The van der Waals surface area contributed by atoms with Gasteiger partial charge in [0.15, 0.2) is 5.82 Å². The standard InChI is InChI=1S/C17H23N5O2S/c1-3-4-5-6-7-9-17(2)15(23)22(16(24)20-17)21-13-12-8-10-25-14(12)19-11-18-13/h8,10-11H,3-7,9H2,1-2H3,(H,20,24)(H,18,19,21)/t17-/m1/s1. The summed E-state index contributed by atoms with van der Waals surface area (Å²) in [7, 11) is 0. The van der Waals surface area contributed by atoms with Gasteiger partial charge in [0.05, 0.1) is 5.39 Å². The van der Waals surface area contributed by atoms with Gasteiger partial charge in [-0.05, 0) is 24.8 Å². The van der Waals surface area contributed by atoms with Crippen LogP contribution in [0, 0.1) is 0 Å². The van der Waals surface area contributed by atoms with E-state index in [0.29, 0.717) is 12.2 Å². The Morgan fingerprint density at radius 3 is 2.84 bits per heavy atom. The summed E-state index contributed by atoms with van der Waals surface area (Å²) in [6.07, 6.45) is 7.59. The highest BCUT2D eigenvalue weighted by atomic mass is 32.1. The highest BCUT2D eigenvalue weighted by Gasteiger charge is 2.48. The largest absolute Gasteiger partial charge is 0.344 e. The number of nitrogens with zero attached hydrogens (tertiary/aromatic N) is 3. The number of hydrazine groups is 1. The van der Waals surface area contributed by atoms with Crippen molar-refractivity contribution in [3.8, 4) is 0 Å². The second kappa shape index (κ2) is 7.35. The van der Waals surface area contributed by atoms with E-state index < -0.39 is 11.6 Å². The summed E-state index contributed by atoms with van der Waals surface area (Å²) < 4.78 is 0. The molecule has 0 saturated carbocycles. The lowest BCUT2D eigenvalue weighted by Gasteiger charge is -2.21. The topological polar surface area (TPSA) is 87.2 Å². The molecule has 2 aromatic heterocycles. The molecule has 8 heteroatoms. The van der Waals surface area contributed by atoms with Gasteiger partial charge in [0.2, 0.25) is 0 Å². The van der Waals surface area contributed by atoms with Crippen molar-refractivity contribution < 1.29 is 9.59 Å². The molecule has 0 aromatic carbocycles. The van der Waals surface area contributed by atoms with Crippen molar-refractivity contribution >= 4 is 39.3 Å². The predicted molar refractivity (Wildman–Crippen MR) is 98.2 cm³/mol. The van der Waals surface area contributed by atoms with E-state index in [1.54, 1.807) is 6.92 Å². The molecule has 1 saturated heterocycles. The van der Waals surface area contributed by atoms with E-state index >= 15 is 0 Å². The number of rotatable bonds is 8. The SMILES string of the molecule is CCCCCCC[C@@]1(C)NC(=O)N(Nc2ncnc3sccc23)C1=O. The minimum absolute atomic E-state index is 0.269. The zero-order chi connectivity index (χ0) is 17.9. The van der Waals surface area contributed by atoms with Gasteiger partial charge in [-0.2, -0.15) is 5.01 Å². The molecule has 0 spiro atoms. The zero-order valence-electron chi connectivity index (χ0n) is 14.5. The summed E-state index contributed by atoms with van der Waals surface area (Å²) in [5.41, 5.74) is 2.00. The maximum Gasteiger partial charge on any atom is 0.344 e. The molecule has 1 atom stereocenters. The van der Waals surface area contributed by atoms with E-state index in [1.165, 1.54) is 30.5 Å². The first-order valence-electron chi connectivity index (χ1n) is 8.67. The van der Waals surface area contributed by atoms with Crippen LogP contribution in [-0.4, -0.2) is 32.5 Å². The van der Waals surface area contributed by atoms with Gasteiger partial charge in [-0.3, -0.25) is 10.2 Å². The summed E-state index contributed by atoms with van der Waals surface area (Å²) in [4.78, 5) is 34.2. The van der Waals surface area contributed by atoms with E-state index in [1.807, 2.05) is 11.4 Å². The van der Waals surface area contributed by atoms with Crippen molar-refractivity contribution in [3.63, 3.8) is 0 Å². The van der Waals surface area contributed by atoms with Crippen LogP contribution in [0.3, 0.4) is 0 Å². The van der Waals surface area contributed by atoms with Crippen molar-refractivity contribution in [2.75, 3.05) is 5.43 Å². The van der Waals surface area contributed by atoms with E-state index in [-0.39, 0.29) is 5.91 Å². The Labute approximate surface area is 150 Å². The molecule has 134 valence electrons. The number of hydrogen-bond acceptors (Lipinski definition) is 6. The van der Waals surface area contributed by atoms with Crippen LogP contribution >= 0.6 is 11.3 Å². The number of amides is 3. The lowest BCUT2D eigenvalue weighted by molar-refractivity contribution is -0.130. The van der Waals surface area contributed by atoms with Crippen LogP contribution in [0.15, 0.2) is 17.8 Å². The highest BCUT2D eigenvalue weighted by molar-refractivity contribution is 7.16. The molecule has 2 aromatic rings. The maximum absolute atomic E-state index is 12.8. The van der Waals surface area contributed by atoms with E-state index in [4.69, 9.17) is 0 Å². The Balaban J connectivity index is 1.68. The molecular formula is C17H23N5O2S. The van der Waals surface area contributed by atoms with Gasteiger partial charge in [-0.1, -0.05) is 39.0 Å².